The second-order valence-corrected chi connectivity index (χ2v) is 5.92. The third-order valence-corrected chi connectivity index (χ3v) is 3.96. The molecule has 0 saturated carbocycles. The third-order valence-electron chi connectivity index (χ3n) is 3.03. The van der Waals surface area contributed by atoms with E-state index in [0.717, 1.165) is 19.3 Å². The van der Waals surface area contributed by atoms with Crippen molar-refractivity contribution in [1.82, 2.24) is 6.15 Å². The fourth-order valence-corrected chi connectivity index (χ4v) is 2.88. The Hall–Kier alpha value is -0.170. The maximum absolute atomic E-state index is 10.8. The molecule has 110 valence electrons. The van der Waals surface area contributed by atoms with E-state index in [1.807, 2.05) is 0 Å². The summed E-state index contributed by atoms with van der Waals surface area (Å²) in [7, 11) is -3.65. The van der Waals surface area contributed by atoms with E-state index >= 15 is 0 Å². The van der Waals surface area contributed by atoms with E-state index in [1.165, 1.54) is 38.5 Å². The zero-order chi connectivity index (χ0) is 12.6. The second-order valence-electron chi connectivity index (χ2n) is 4.67. The van der Waals surface area contributed by atoms with Crippen LogP contribution < -0.4 is 6.15 Å². The van der Waals surface area contributed by atoms with Crippen LogP contribution in [0.4, 0.5) is 0 Å². The first kappa shape index (κ1) is 17.8. The molecule has 3 N–H and O–H groups in total. The van der Waals surface area contributed by atoms with E-state index in [4.69, 9.17) is 4.18 Å². The highest BCUT2D eigenvalue weighted by molar-refractivity contribution is 7.82. The third kappa shape index (κ3) is 8.02. The SMILES string of the molecule is CCCCCCCCCCC1COS(=O)(=O)O1.N. The molecule has 0 aromatic carbocycles. The molecule has 0 spiro atoms. The van der Waals surface area contributed by atoms with E-state index < -0.39 is 10.4 Å². The molecule has 1 fully saturated rings. The lowest BCUT2D eigenvalue weighted by Gasteiger charge is -2.05. The van der Waals surface area contributed by atoms with Gasteiger partial charge in [0.25, 0.3) is 0 Å². The average molecular weight is 281 g/mol. The highest BCUT2D eigenvalue weighted by Gasteiger charge is 2.29. The molecular weight excluding hydrogens is 254 g/mol. The van der Waals surface area contributed by atoms with Crippen LogP contribution in [0.2, 0.25) is 0 Å². The Balaban J connectivity index is 0.00000289. The molecule has 18 heavy (non-hydrogen) atoms. The average Bonchev–Trinajstić information content (AvgIpc) is 2.62. The van der Waals surface area contributed by atoms with Gasteiger partial charge in [-0.15, -0.1) is 0 Å². The summed E-state index contributed by atoms with van der Waals surface area (Å²) in [5.41, 5.74) is 0. The molecule has 1 saturated heterocycles. The van der Waals surface area contributed by atoms with Crippen LogP contribution in [0.1, 0.15) is 64.7 Å². The van der Waals surface area contributed by atoms with Gasteiger partial charge < -0.3 is 6.15 Å². The van der Waals surface area contributed by atoms with Crippen LogP contribution in [0.25, 0.3) is 0 Å². The molecule has 1 unspecified atom stereocenters. The van der Waals surface area contributed by atoms with Crippen LogP contribution in [-0.2, 0) is 18.8 Å². The Labute approximate surface area is 111 Å². The monoisotopic (exact) mass is 281 g/mol. The summed E-state index contributed by atoms with van der Waals surface area (Å²) in [5.74, 6) is 0. The maximum Gasteiger partial charge on any atom is 0.400 e. The number of unbranched alkanes of at least 4 members (excludes halogenated alkanes) is 7. The van der Waals surface area contributed by atoms with Crippen molar-refractivity contribution >= 4 is 10.4 Å². The zero-order valence-corrected chi connectivity index (χ0v) is 12.2. The first-order valence-electron chi connectivity index (χ1n) is 6.71. The van der Waals surface area contributed by atoms with Crippen LogP contribution in [-0.4, -0.2) is 21.1 Å². The first-order valence-corrected chi connectivity index (χ1v) is 8.05. The van der Waals surface area contributed by atoms with Gasteiger partial charge in [-0.25, -0.2) is 8.37 Å². The zero-order valence-electron chi connectivity index (χ0n) is 11.4. The van der Waals surface area contributed by atoms with Crippen LogP contribution in [0.15, 0.2) is 0 Å². The summed E-state index contributed by atoms with van der Waals surface area (Å²) in [6.07, 6.45) is 10.5. The van der Waals surface area contributed by atoms with E-state index in [0.29, 0.717) is 0 Å². The Morgan fingerprint density at radius 1 is 1.00 bits per heavy atom. The smallest absolute Gasteiger partial charge is 0.344 e. The van der Waals surface area contributed by atoms with E-state index in [1.54, 1.807) is 0 Å². The van der Waals surface area contributed by atoms with Gasteiger partial charge in [0.2, 0.25) is 0 Å². The summed E-state index contributed by atoms with van der Waals surface area (Å²) in [6, 6.07) is 0. The topological polar surface area (TPSA) is 87.6 Å². The molecule has 5 nitrogen and oxygen atoms in total. The molecule has 0 aromatic heterocycles. The summed E-state index contributed by atoms with van der Waals surface area (Å²) < 4.78 is 30.9. The van der Waals surface area contributed by atoms with Crippen LogP contribution >= 0.6 is 0 Å². The summed E-state index contributed by atoms with van der Waals surface area (Å²) in [6.45, 7) is 2.41. The van der Waals surface area contributed by atoms with E-state index in [2.05, 4.69) is 11.1 Å². The summed E-state index contributed by atoms with van der Waals surface area (Å²) in [5, 5.41) is 0. The minimum absolute atomic E-state index is 0. The Bertz CT molecular complexity index is 292. The fraction of sp³-hybridized carbons (Fsp3) is 1.00. The molecule has 1 heterocycles. The highest BCUT2D eigenvalue weighted by Crippen LogP contribution is 2.18. The quantitative estimate of drug-likeness (QED) is 0.655. The van der Waals surface area contributed by atoms with E-state index in [9.17, 15) is 8.42 Å². The summed E-state index contributed by atoms with van der Waals surface area (Å²) >= 11 is 0. The number of hydrogen-bond acceptors (Lipinski definition) is 5. The lowest BCUT2D eigenvalue weighted by atomic mass is 10.1. The van der Waals surface area contributed by atoms with Crippen molar-refractivity contribution in [1.29, 1.82) is 0 Å². The van der Waals surface area contributed by atoms with Crippen molar-refractivity contribution in [2.75, 3.05) is 6.61 Å². The Morgan fingerprint density at radius 3 is 2.06 bits per heavy atom. The van der Waals surface area contributed by atoms with Crippen molar-refractivity contribution in [3.05, 3.63) is 0 Å². The van der Waals surface area contributed by atoms with Gasteiger partial charge in [-0.2, -0.15) is 8.42 Å². The lowest BCUT2D eigenvalue weighted by molar-refractivity contribution is 0.218. The van der Waals surface area contributed by atoms with Gasteiger partial charge in [0.15, 0.2) is 0 Å². The van der Waals surface area contributed by atoms with Gasteiger partial charge in [-0.3, -0.25) is 0 Å². The van der Waals surface area contributed by atoms with Gasteiger partial charge in [0.1, 0.15) is 6.10 Å². The van der Waals surface area contributed by atoms with Crippen LogP contribution in [0.5, 0.6) is 0 Å². The molecule has 1 atom stereocenters. The minimum atomic E-state index is -3.65. The predicted molar refractivity (Wildman–Crippen MR) is 72.0 cm³/mol. The van der Waals surface area contributed by atoms with Crippen LogP contribution in [0, 0.1) is 0 Å². The maximum atomic E-state index is 10.8. The lowest BCUT2D eigenvalue weighted by Crippen LogP contribution is -2.09. The normalized spacial score (nSPS) is 21.7. The highest BCUT2D eigenvalue weighted by atomic mass is 32.3. The standard InChI is InChI=1S/C12H24O4S.H3N/c1-2-3-4-5-6-7-8-9-10-12-11-15-17(13,14)16-12;/h12H,2-11H2,1H3;1H3. The van der Waals surface area contributed by atoms with Gasteiger partial charge in [0, 0.05) is 0 Å². The van der Waals surface area contributed by atoms with Gasteiger partial charge in [0.05, 0.1) is 6.61 Å². The number of rotatable bonds is 9. The van der Waals surface area contributed by atoms with Crippen molar-refractivity contribution in [3.8, 4) is 0 Å². The molecule has 0 radical (unpaired) electrons. The number of hydrogen-bond donors (Lipinski definition) is 1. The van der Waals surface area contributed by atoms with Crippen molar-refractivity contribution < 1.29 is 16.8 Å². The molecule has 0 aliphatic carbocycles. The van der Waals surface area contributed by atoms with Gasteiger partial charge in [-0.1, -0.05) is 58.3 Å². The fourth-order valence-electron chi connectivity index (χ4n) is 2.02. The second kappa shape index (κ2) is 9.72. The molecule has 1 aliphatic heterocycles. The molecule has 1 rings (SSSR count). The first-order chi connectivity index (χ1) is 8.14. The van der Waals surface area contributed by atoms with Gasteiger partial charge >= 0.3 is 10.4 Å². The molecule has 1 aliphatic rings. The molecule has 0 bridgehead atoms. The van der Waals surface area contributed by atoms with Crippen molar-refractivity contribution in [2.45, 2.75) is 70.8 Å². The molecule has 0 aromatic rings. The van der Waals surface area contributed by atoms with E-state index in [-0.39, 0.29) is 18.9 Å². The van der Waals surface area contributed by atoms with Crippen molar-refractivity contribution in [3.63, 3.8) is 0 Å². The molecule has 6 heteroatoms. The predicted octanol–water partition coefficient (Wildman–Crippen LogP) is 3.34. The molecule has 0 amide bonds. The van der Waals surface area contributed by atoms with Crippen molar-refractivity contribution in [2.24, 2.45) is 0 Å². The van der Waals surface area contributed by atoms with Crippen LogP contribution in [0.3, 0.4) is 0 Å². The summed E-state index contributed by atoms with van der Waals surface area (Å²) in [4.78, 5) is 0. The Kier molecular flexibility index (Phi) is 9.63. The Morgan fingerprint density at radius 2 is 1.56 bits per heavy atom. The molecular formula is C12H27NO4S. The minimum Gasteiger partial charge on any atom is -0.344 e. The van der Waals surface area contributed by atoms with Gasteiger partial charge in [-0.05, 0) is 6.42 Å². The largest absolute Gasteiger partial charge is 0.400 e.